The molecule has 0 spiro atoms. The van der Waals surface area contributed by atoms with Crippen LogP contribution in [0.5, 0.6) is 0 Å². The predicted molar refractivity (Wildman–Crippen MR) is 110 cm³/mol. The maximum Gasteiger partial charge on any atom is 0.266 e. The van der Waals surface area contributed by atoms with Gasteiger partial charge in [-0.2, -0.15) is 0 Å². The van der Waals surface area contributed by atoms with Crippen LogP contribution in [0.25, 0.3) is 0 Å². The van der Waals surface area contributed by atoms with Crippen molar-refractivity contribution in [1.82, 2.24) is 0 Å². The molecule has 5 nitrogen and oxygen atoms in total. The van der Waals surface area contributed by atoms with Crippen LogP contribution in [0.1, 0.15) is 17.2 Å². The molecule has 0 bridgehead atoms. The third kappa shape index (κ3) is 2.80. The van der Waals surface area contributed by atoms with E-state index in [-0.39, 0.29) is 5.91 Å². The van der Waals surface area contributed by atoms with Gasteiger partial charge in [-0.15, -0.1) is 0 Å². The first kappa shape index (κ1) is 18.5. The Labute approximate surface area is 173 Å². The normalized spacial score (nSPS) is 23.2. The number of benzene rings is 3. The molecule has 5 rings (SSSR count). The number of para-hydroxylation sites is 1. The zero-order valence-corrected chi connectivity index (χ0v) is 16.2. The summed E-state index contributed by atoms with van der Waals surface area (Å²) in [7, 11) is 0. The molecule has 6 heteroatoms. The number of fused-ring (bicyclic) bond motifs is 1. The van der Waals surface area contributed by atoms with Crippen molar-refractivity contribution in [3.63, 3.8) is 0 Å². The van der Waals surface area contributed by atoms with Gasteiger partial charge < -0.3 is 0 Å². The van der Waals surface area contributed by atoms with Crippen LogP contribution >= 0.6 is 0 Å². The molecular weight excluding hydrogens is 383 g/mol. The Morgan fingerprint density at radius 1 is 0.800 bits per heavy atom. The van der Waals surface area contributed by atoms with Crippen molar-refractivity contribution in [2.45, 2.75) is 19.1 Å². The van der Waals surface area contributed by atoms with Gasteiger partial charge in [-0.05, 0) is 37.3 Å². The van der Waals surface area contributed by atoms with Crippen molar-refractivity contribution in [1.29, 1.82) is 0 Å². The second kappa shape index (κ2) is 7.07. The highest BCUT2D eigenvalue weighted by molar-refractivity contribution is 6.23. The number of halogens is 1. The van der Waals surface area contributed by atoms with Crippen LogP contribution in [-0.4, -0.2) is 17.9 Å². The fourth-order valence-corrected chi connectivity index (χ4v) is 4.19. The molecule has 0 aromatic heterocycles. The Balaban J connectivity index is 1.60. The van der Waals surface area contributed by atoms with E-state index in [0.29, 0.717) is 16.9 Å². The summed E-state index contributed by atoms with van der Waals surface area (Å²) < 4.78 is 14.8. The molecule has 0 radical (unpaired) electrons. The fourth-order valence-electron chi connectivity index (χ4n) is 4.19. The highest BCUT2D eigenvalue weighted by Gasteiger charge is 2.60. The van der Waals surface area contributed by atoms with E-state index in [4.69, 9.17) is 4.84 Å². The number of carbonyl (C=O) groups is 2. The summed E-state index contributed by atoms with van der Waals surface area (Å²) in [5.74, 6) is -2.12. The van der Waals surface area contributed by atoms with Gasteiger partial charge in [0.05, 0.1) is 17.4 Å². The first-order valence-corrected chi connectivity index (χ1v) is 9.76. The van der Waals surface area contributed by atoms with Gasteiger partial charge >= 0.3 is 0 Å². The van der Waals surface area contributed by atoms with Crippen LogP contribution in [0.2, 0.25) is 0 Å². The van der Waals surface area contributed by atoms with Gasteiger partial charge in [-0.1, -0.05) is 54.1 Å². The van der Waals surface area contributed by atoms with Crippen molar-refractivity contribution in [2.75, 3.05) is 9.96 Å². The lowest BCUT2D eigenvalue weighted by molar-refractivity contribution is -0.126. The number of amides is 2. The minimum atomic E-state index is -1.01. The lowest BCUT2D eigenvalue weighted by Crippen LogP contribution is -2.37. The maximum atomic E-state index is 14.8. The van der Waals surface area contributed by atoms with Gasteiger partial charge in [0.1, 0.15) is 11.7 Å². The lowest BCUT2D eigenvalue weighted by Gasteiger charge is -2.29. The largest absolute Gasteiger partial charge is 0.273 e. The van der Waals surface area contributed by atoms with Crippen LogP contribution in [-0.2, 0) is 14.4 Å². The van der Waals surface area contributed by atoms with Crippen molar-refractivity contribution in [3.05, 3.63) is 95.8 Å². The van der Waals surface area contributed by atoms with E-state index in [1.807, 2.05) is 49.4 Å². The van der Waals surface area contributed by atoms with Crippen LogP contribution in [0.4, 0.5) is 15.8 Å². The number of nitrogens with zero attached hydrogens (tertiary/aromatic N) is 2. The van der Waals surface area contributed by atoms with Gasteiger partial charge in [0.2, 0.25) is 5.91 Å². The molecule has 2 fully saturated rings. The molecule has 0 unspecified atom stereocenters. The summed E-state index contributed by atoms with van der Waals surface area (Å²) in [5.41, 5.74) is 2.49. The monoisotopic (exact) mass is 402 g/mol. The van der Waals surface area contributed by atoms with E-state index in [1.54, 1.807) is 30.3 Å². The first-order valence-electron chi connectivity index (χ1n) is 9.76. The number of imide groups is 1. The van der Waals surface area contributed by atoms with Gasteiger partial charge in [0, 0.05) is 5.56 Å². The number of anilines is 2. The van der Waals surface area contributed by atoms with E-state index in [9.17, 15) is 14.0 Å². The number of hydroxylamine groups is 1. The van der Waals surface area contributed by atoms with Crippen molar-refractivity contribution in [3.8, 4) is 0 Å². The van der Waals surface area contributed by atoms with E-state index in [2.05, 4.69) is 0 Å². The average Bonchev–Trinajstić information content (AvgIpc) is 3.26. The van der Waals surface area contributed by atoms with Gasteiger partial charge in [0.15, 0.2) is 6.10 Å². The highest BCUT2D eigenvalue weighted by atomic mass is 19.1. The molecule has 30 heavy (non-hydrogen) atoms. The summed E-state index contributed by atoms with van der Waals surface area (Å²) in [5, 5.41) is 1.50. The number of hydrogen-bond donors (Lipinski definition) is 0. The molecule has 0 aliphatic carbocycles. The van der Waals surface area contributed by atoms with Crippen molar-refractivity contribution >= 4 is 23.2 Å². The minimum absolute atomic E-state index is 0.320. The molecule has 2 amide bonds. The molecule has 3 atom stereocenters. The smallest absolute Gasteiger partial charge is 0.266 e. The molecule has 0 saturated carbocycles. The molecule has 3 aromatic carbocycles. The summed E-state index contributed by atoms with van der Waals surface area (Å²) in [6.07, 6.45) is -1.01. The maximum absolute atomic E-state index is 14.8. The standard InChI is InChI=1S/C24H19FN2O3/c1-15-11-13-16(14-12-15)26-23(28)20-21(18-9-5-6-10-19(18)25)27(30-22(20)24(26)29)17-7-3-2-4-8-17/h2-14,20-22H,1H3/t20-,21-,22+/m1/s1. The average molecular weight is 402 g/mol. The van der Waals surface area contributed by atoms with E-state index in [1.165, 1.54) is 11.1 Å². The number of aryl methyl sites for hydroxylation is 1. The first-order chi connectivity index (χ1) is 14.6. The Bertz CT molecular complexity index is 1120. The topological polar surface area (TPSA) is 49.9 Å². The molecule has 3 aromatic rings. The summed E-state index contributed by atoms with van der Waals surface area (Å²) >= 11 is 0. The van der Waals surface area contributed by atoms with Gasteiger partial charge in [-0.25, -0.2) is 14.4 Å². The highest BCUT2D eigenvalue weighted by Crippen LogP contribution is 2.48. The fraction of sp³-hybridized carbons (Fsp3) is 0.167. The third-order valence-corrected chi connectivity index (χ3v) is 5.64. The third-order valence-electron chi connectivity index (χ3n) is 5.64. The van der Waals surface area contributed by atoms with Gasteiger partial charge in [-0.3, -0.25) is 14.4 Å². The zero-order chi connectivity index (χ0) is 20.8. The summed E-state index contributed by atoms with van der Waals surface area (Å²) in [6.45, 7) is 1.93. The summed E-state index contributed by atoms with van der Waals surface area (Å²) in [4.78, 5) is 33.8. The van der Waals surface area contributed by atoms with Gasteiger partial charge in [0.25, 0.3) is 5.91 Å². The van der Waals surface area contributed by atoms with Crippen LogP contribution in [0, 0.1) is 18.7 Å². The SMILES string of the molecule is Cc1ccc(N2C(=O)[C@H]3[C@H](ON(c4ccccc4)[C@@H]3c3ccccc3F)C2=O)cc1. The molecule has 2 aliphatic heterocycles. The molecular formula is C24H19FN2O3. The molecule has 2 aliphatic rings. The van der Waals surface area contributed by atoms with Crippen LogP contribution in [0.3, 0.4) is 0 Å². The van der Waals surface area contributed by atoms with Crippen LogP contribution < -0.4 is 9.96 Å². The minimum Gasteiger partial charge on any atom is -0.273 e. The molecule has 0 N–H and O–H groups in total. The van der Waals surface area contributed by atoms with Crippen LogP contribution in [0.15, 0.2) is 78.9 Å². The Kier molecular flexibility index (Phi) is 4.37. The molecule has 2 heterocycles. The van der Waals surface area contributed by atoms with Crippen molar-refractivity contribution in [2.24, 2.45) is 5.92 Å². The lowest BCUT2D eigenvalue weighted by atomic mass is 9.90. The Morgan fingerprint density at radius 2 is 1.47 bits per heavy atom. The second-order valence-corrected chi connectivity index (χ2v) is 7.53. The molecule has 150 valence electrons. The Morgan fingerprint density at radius 3 is 2.17 bits per heavy atom. The predicted octanol–water partition coefficient (Wildman–Crippen LogP) is 4.19. The quantitative estimate of drug-likeness (QED) is 0.617. The molecule has 2 saturated heterocycles. The van der Waals surface area contributed by atoms with Crippen molar-refractivity contribution < 1.29 is 18.8 Å². The summed E-state index contributed by atoms with van der Waals surface area (Å²) in [6, 6.07) is 21.8. The zero-order valence-electron chi connectivity index (χ0n) is 16.2. The second-order valence-electron chi connectivity index (χ2n) is 7.53. The van der Waals surface area contributed by atoms with E-state index < -0.39 is 29.8 Å². The number of hydrogen-bond acceptors (Lipinski definition) is 4. The number of carbonyl (C=O) groups excluding carboxylic acids is 2. The number of rotatable bonds is 3. The van der Waals surface area contributed by atoms with E-state index >= 15 is 0 Å². The Hall–Kier alpha value is -3.51. The van der Waals surface area contributed by atoms with E-state index in [0.717, 1.165) is 10.5 Å².